The predicted octanol–water partition coefficient (Wildman–Crippen LogP) is 3.46. The molecule has 0 aliphatic rings. The quantitative estimate of drug-likeness (QED) is 0.582. The van der Waals surface area contributed by atoms with E-state index in [4.69, 9.17) is 0 Å². The molecule has 2 aromatic carbocycles. The number of anilines is 2. The van der Waals surface area contributed by atoms with Gasteiger partial charge in [-0.1, -0.05) is 0 Å². The molecule has 114 valence electrons. The molecule has 0 bridgehead atoms. The van der Waals surface area contributed by atoms with Gasteiger partial charge in [0.15, 0.2) is 0 Å². The molecule has 0 heterocycles. The molecule has 0 spiro atoms. The summed E-state index contributed by atoms with van der Waals surface area (Å²) in [6.07, 6.45) is 0. The molecule has 0 aliphatic carbocycles. The summed E-state index contributed by atoms with van der Waals surface area (Å²) in [5.41, 5.74) is 0.866. The summed E-state index contributed by atoms with van der Waals surface area (Å²) < 4.78 is 27.4. The van der Waals surface area contributed by atoms with Crippen LogP contribution in [-0.2, 0) is 9.59 Å². The minimum atomic E-state index is -1.08. The molecule has 0 unspecified atom stereocenters. The second kappa shape index (κ2) is 6.82. The Morgan fingerprint density at radius 1 is 0.955 bits per heavy atom. The first-order chi connectivity index (χ1) is 10.4. The molecule has 2 amide bonds. The fraction of sp³-hybridized carbons (Fsp3) is 0.0667. The molecule has 2 N–H and O–H groups in total. The number of hydrogen-bond donors (Lipinski definition) is 2. The number of benzene rings is 2. The van der Waals surface area contributed by atoms with Gasteiger partial charge in [0, 0.05) is 15.3 Å². The molecule has 0 aliphatic heterocycles. The lowest BCUT2D eigenvalue weighted by atomic mass is 10.2. The van der Waals surface area contributed by atoms with Crippen LogP contribution in [0.4, 0.5) is 20.2 Å². The van der Waals surface area contributed by atoms with E-state index >= 15 is 0 Å². The second-order valence-electron chi connectivity index (χ2n) is 4.49. The maximum absolute atomic E-state index is 13.4. The molecule has 2 rings (SSSR count). The summed E-state index contributed by atoms with van der Waals surface area (Å²) in [6, 6.07) is 7.85. The molecule has 4 nitrogen and oxygen atoms in total. The summed E-state index contributed by atoms with van der Waals surface area (Å²) in [7, 11) is 0. The topological polar surface area (TPSA) is 58.2 Å². The molecular weight excluding hydrogens is 405 g/mol. The van der Waals surface area contributed by atoms with Crippen LogP contribution in [0.2, 0.25) is 0 Å². The first-order valence-corrected chi connectivity index (χ1v) is 7.28. The fourth-order valence-corrected chi connectivity index (χ4v) is 2.37. The van der Waals surface area contributed by atoms with Gasteiger partial charge in [0.25, 0.3) is 0 Å². The van der Waals surface area contributed by atoms with Crippen molar-refractivity contribution >= 4 is 45.8 Å². The summed E-state index contributed by atoms with van der Waals surface area (Å²) >= 11 is 2.12. The zero-order valence-electron chi connectivity index (χ0n) is 11.4. The number of halogens is 3. The third kappa shape index (κ3) is 4.00. The lowest BCUT2D eigenvalue weighted by Crippen LogP contribution is -2.29. The Bertz CT molecular complexity index is 750. The third-order valence-electron chi connectivity index (χ3n) is 2.82. The fourth-order valence-electron chi connectivity index (χ4n) is 1.72. The van der Waals surface area contributed by atoms with Crippen molar-refractivity contribution < 1.29 is 18.4 Å². The largest absolute Gasteiger partial charge is 0.318 e. The van der Waals surface area contributed by atoms with E-state index < -0.39 is 23.4 Å². The lowest BCUT2D eigenvalue weighted by Gasteiger charge is -2.09. The van der Waals surface area contributed by atoms with Gasteiger partial charge in [0.1, 0.15) is 11.6 Å². The van der Waals surface area contributed by atoms with E-state index in [0.29, 0.717) is 5.69 Å². The number of amides is 2. The van der Waals surface area contributed by atoms with Crippen LogP contribution in [0.25, 0.3) is 0 Å². The average molecular weight is 416 g/mol. The molecule has 7 heteroatoms. The second-order valence-corrected chi connectivity index (χ2v) is 5.74. The SMILES string of the molecule is Cc1cc(I)ccc1NC(=O)C(=O)Nc1cc(F)ccc1F. The van der Waals surface area contributed by atoms with Crippen LogP contribution in [0.3, 0.4) is 0 Å². The minimum Gasteiger partial charge on any atom is -0.318 e. The molecule has 0 radical (unpaired) electrons. The number of nitrogens with one attached hydrogen (secondary N) is 2. The van der Waals surface area contributed by atoms with Gasteiger partial charge in [0.05, 0.1) is 5.69 Å². The summed E-state index contributed by atoms with van der Waals surface area (Å²) in [4.78, 5) is 23.6. The number of rotatable bonds is 2. The van der Waals surface area contributed by atoms with Crippen molar-refractivity contribution in [2.24, 2.45) is 0 Å². The van der Waals surface area contributed by atoms with E-state index in [0.717, 1.165) is 27.3 Å². The van der Waals surface area contributed by atoms with Crippen LogP contribution in [0.1, 0.15) is 5.56 Å². The van der Waals surface area contributed by atoms with E-state index in [1.807, 2.05) is 11.4 Å². The van der Waals surface area contributed by atoms with Crippen LogP contribution < -0.4 is 10.6 Å². The maximum atomic E-state index is 13.4. The van der Waals surface area contributed by atoms with Gasteiger partial charge in [-0.15, -0.1) is 0 Å². The Morgan fingerprint density at radius 3 is 2.23 bits per heavy atom. The highest BCUT2D eigenvalue weighted by Gasteiger charge is 2.17. The van der Waals surface area contributed by atoms with Crippen LogP contribution in [0.5, 0.6) is 0 Å². The highest BCUT2D eigenvalue weighted by molar-refractivity contribution is 14.1. The van der Waals surface area contributed by atoms with Gasteiger partial charge in [-0.05, 0) is 65.4 Å². The molecule has 0 saturated carbocycles. The number of aryl methyl sites for hydroxylation is 1. The molecule has 0 atom stereocenters. The average Bonchev–Trinajstić information content (AvgIpc) is 2.45. The van der Waals surface area contributed by atoms with Crippen LogP contribution in [0, 0.1) is 22.1 Å². The summed E-state index contributed by atoms with van der Waals surface area (Å²) in [5.74, 6) is -3.59. The molecule has 2 aromatic rings. The van der Waals surface area contributed by atoms with Crippen molar-refractivity contribution in [3.05, 3.63) is 57.2 Å². The van der Waals surface area contributed by atoms with Crippen LogP contribution in [-0.4, -0.2) is 11.8 Å². The normalized spacial score (nSPS) is 10.2. The van der Waals surface area contributed by atoms with E-state index in [1.165, 1.54) is 0 Å². The smallest absolute Gasteiger partial charge is 0.314 e. The highest BCUT2D eigenvalue weighted by atomic mass is 127. The zero-order chi connectivity index (χ0) is 16.3. The van der Waals surface area contributed by atoms with Gasteiger partial charge in [-0.3, -0.25) is 9.59 Å². The Kier molecular flexibility index (Phi) is 5.07. The standard InChI is InChI=1S/C15H11F2IN2O2/c1-8-6-10(18)3-5-12(8)19-14(21)15(22)20-13-7-9(16)2-4-11(13)17/h2-7H,1H3,(H,19,21)(H,20,22). The Hall–Kier alpha value is -2.03. The number of carbonyl (C=O) groups excluding carboxylic acids is 2. The minimum absolute atomic E-state index is 0.389. The van der Waals surface area contributed by atoms with Crippen molar-refractivity contribution in [1.29, 1.82) is 0 Å². The first kappa shape index (κ1) is 16.3. The van der Waals surface area contributed by atoms with Gasteiger partial charge in [-0.25, -0.2) is 8.78 Å². The van der Waals surface area contributed by atoms with Crippen molar-refractivity contribution in [2.75, 3.05) is 10.6 Å². The van der Waals surface area contributed by atoms with Gasteiger partial charge in [-0.2, -0.15) is 0 Å². The van der Waals surface area contributed by atoms with E-state index in [9.17, 15) is 18.4 Å². The molecular formula is C15H11F2IN2O2. The molecule has 0 fully saturated rings. The number of hydrogen-bond acceptors (Lipinski definition) is 2. The van der Waals surface area contributed by atoms with Gasteiger partial charge < -0.3 is 10.6 Å². The van der Waals surface area contributed by atoms with Crippen LogP contribution >= 0.6 is 22.6 Å². The van der Waals surface area contributed by atoms with Crippen molar-refractivity contribution in [2.45, 2.75) is 6.92 Å². The molecule has 0 aromatic heterocycles. The Labute approximate surface area is 139 Å². The Morgan fingerprint density at radius 2 is 1.59 bits per heavy atom. The van der Waals surface area contributed by atoms with E-state index in [1.54, 1.807) is 19.1 Å². The lowest BCUT2D eigenvalue weighted by molar-refractivity contribution is -0.133. The van der Waals surface area contributed by atoms with E-state index in [-0.39, 0.29) is 5.69 Å². The predicted molar refractivity (Wildman–Crippen MR) is 87.5 cm³/mol. The molecule has 0 saturated heterocycles. The first-order valence-electron chi connectivity index (χ1n) is 6.20. The van der Waals surface area contributed by atoms with Gasteiger partial charge >= 0.3 is 11.8 Å². The third-order valence-corrected chi connectivity index (χ3v) is 3.49. The number of carbonyl (C=O) groups is 2. The summed E-state index contributed by atoms with van der Waals surface area (Å²) in [6.45, 7) is 1.78. The Balaban J connectivity index is 2.09. The monoisotopic (exact) mass is 416 g/mol. The van der Waals surface area contributed by atoms with Crippen molar-refractivity contribution in [3.8, 4) is 0 Å². The van der Waals surface area contributed by atoms with Gasteiger partial charge in [0.2, 0.25) is 0 Å². The van der Waals surface area contributed by atoms with Crippen molar-refractivity contribution in [1.82, 2.24) is 0 Å². The zero-order valence-corrected chi connectivity index (χ0v) is 13.6. The van der Waals surface area contributed by atoms with Crippen molar-refractivity contribution in [3.63, 3.8) is 0 Å². The maximum Gasteiger partial charge on any atom is 0.314 e. The highest BCUT2D eigenvalue weighted by Crippen LogP contribution is 2.18. The molecule has 22 heavy (non-hydrogen) atoms. The van der Waals surface area contributed by atoms with E-state index in [2.05, 4.69) is 27.9 Å². The summed E-state index contributed by atoms with van der Waals surface area (Å²) in [5, 5.41) is 4.46. The van der Waals surface area contributed by atoms with Crippen LogP contribution in [0.15, 0.2) is 36.4 Å².